The minimum Gasteiger partial charge on any atom is -0.370 e. The molecule has 0 radical (unpaired) electrons. The van der Waals surface area contributed by atoms with Gasteiger partial charge in [0.2, 0.25) is 0 Å². The van der Waals surface area contributed by atoms with E-state index in [-0.39, 0.29) is 0 Å². The number of hydrogen-bond acceptors (Lipinski definition) is 3. The van der Waals surface area contributed by atoms with Crippen LogP contribution in [0.3, 0.4) is 0 Å². The Morgan fingerprint density at radius 3 is 2.42 bits per heavy atom. The Bertz CT molecular complexity index is 860. The first-order valence-electron chi connectivity index (χ1n) is 8.78. The van der Waals surface area contributed by atoms with E-state index in [1.165, 1.54) is 35.1 Å². The molecule has 2 atom stereocenters. The number of fused-ring (bicyclic) bond motifs is 2. The number of rotatable bonds is 2. The van der Waals surface area contributed by atoms with E-state index < -0.39 is 0 Å². The molecule has 2 saturated heterocycles. The minimum atomic E-state index is 0.810. The van der Waals surface area contributed by atoms with Gasteiger partial charge >= 0.3 is 0 Å². The monoisotopic (exact) mass is 315 g/mol. The Morgan fingerprint density at radius 1 is 0.875 bits per heavy atom. The molecule has 0 bridgehead atoms. The predicted molar refractivity (Wildman–Crippen MR) is 99.2 cm³/mol. The topological polar surface area (TPSA) is 28.2 Å². The number of aromatic nitrogens is 1. The van der Waals surface area contributed by atoms with Crippen LogP contribution in [0.5, 0.6) is 0 Å². The van der Waals surface area contributed by atoms with E-state index in [4.69, 9.17) is 4.98 Å². The summed E-state index contributed by atoms with van der Waals surface area (Å²) < 4.78 is 0. The molecular formula is C21H21N3. The Morgan fingerprint density at radius 2 is 1.67 bits per heavy atom. The maximum atomic E-state index is 4.74. The van der Waals surface area contributed by atoms with Crippen molar-refractivity contribution in [1.29, 1.82) is 0 Å². The first-order valence-corrected chi connectivity index (χ1v) is 8.78. The van der Waals surface area contributed by atoms with Crippen molar-refractivity contribution in [3.63, 3.8) is 0 Å². The molecule has 5 rings (SSSR count). The molecule has 0 aliphatic carbocycles. The van der Waals surface area contributed by atoms with Crippen LogP contribution in [0.15, 0.2) is 60.8 Å². The lowest BCUT2D eigenvalue weighted by Gasteiger charge is -2.19. The molecule has 2 unspecified atom stereocenters. The van der Waals surface area contributed by atoms with Gasteiger partial charge in [0.25, 0.3) is 0 Å². The van der Waals surface area contributed by atoms with Gasteiger partial charge in [0.1, 0.15) is 0 Å². The van der Waals surface area contributed by atoms with Crippen molar-refractivity contribution < 1.29 is 0 Å². The van der Waals surface area contributed by atoms with Crippen LogP contribution in [-0.2, 0) is 0 Å². The summed E-state index contributed by atoms with van der Waals surface area (Å²) in [6.07, 6.45) is 2.04. The second kappa shape index (κ2) is 5.60. The van der Waals surface area contributed by atoms with Crippen molar-refractivity contribution in [3.05, 3.63) is 60.8 Å². The van der Waals surface area contributed by atoms with Crippen molar-refractivity contribution in [2.45, 2.75) is 0 Å². The molecule has 0 amide bonds. The maximum absolute atomic E-state index is 4.74. The van der Waals surface area contributed by atoms with Gasteiger partial charge in [-0.2, -0.15) is 0 Å². The number of hydrogen-bond donors (Lipinski definition) is 1. The van der Waals surface area contributed by atoms with Crippen LogP contribution >= 0.6 is 0 Å². The standard InChI is InChI=1S/C21H21N3/c1-2-4-16-9-17(6-5-15(16)3-1)21-8-7-20(12-23-21)24-13-18-10-22-11-19(18)14-24/h1-9,12,18-19,22H,10-11,13-14H2. The number of benzene rings is 2. The third-order valence-electron chi connectivity index (χ3n) is 5.55. The summed E-state index contributed by atoms with van der Waals surface area (Å²) in [6.45, 7) is 4.66. The van der Waals surface area contributed by atoms with Gasteiger partial charge in [-0.05, 0) is 40.8 Å². The van der Waals surface area contributed by atoms with E-state index >= 15 is 0 Å². The quantitative estimate of drug-likeness (QED) is 0.784. The molecule has 3 heteroatoms. The van der Waals surface area contributed by atoms with E-state index in [0.717, 1.165) is 30.6 Å². The fourth-order valence-electron chi connectivity index (χ4n) is 4.16. The Balaban J connectivity index is 1.41. The van der Waals surface area contributed by atoms with Crippen molar-refractivity contribution in [3.8, 4) is 11.3 Å². The molecule has 3 heterocycles. The summed E-state index contributed by atoms with van der Waals surface area (Å²) in [5.74, 6) is 1.62. The van der Waals surface area contributed by atoms with Crippen molar-refractivity contribution in [2.24, 2.45) is 11.8 Å². The summed E-state index contributed by atoms with van der Waals surface area (Å²) in [6, 6.07) is 19.4. The zero-order valence-corrected chi connectivity index (χ0v) is 13.7. The molecule has 2 aromatic carbocycles. The first-order chi connectivity index (χ1) is 11.9. The highest BCUT2D eigenvalue weighted by molar-refractivity contribution is 5.86. The SMILES string of the molecule is c1ccc2cc(-c3ccc(N4CC5CNCC5C4)cn3)ccc2c1. The minimum absolute atomic E-state index is 0.810. The number of anilines is 1. The van der Waals surface area contributed by atoms with Gasteiger partial charge in [-0.25, -0.2) is 0 Å². The van der Waals surface area contributed by atoms with Crippen LogP contribution in [0, 0.1) is 11.8 Å². The molecule has 0 spiro atoms. The fraction of sp³-hybridized carbons (Fsp3) is 0.286. The molecule has 24 heavy (non-hydrogen) atoms. The molecule has 3 nitrogen and oxygen atoms in total. The summed E-state index contributed by atoms with van der Waals surface area (Å²) in [5.41, 5.74) is 3.49. The van der Waals surface area contributed by atoms with Crippen molar-refractivity contribution >= 4 is 16.5 Å². The van der Waals surface area contributed by atoms with Gasteiger partial charge in [-0.15, -0.1) is 0 Å². The van der Waals surface area contributed by atoms with E-state index in [1.54, 1.807) is 0 Å². The molecule has 0 saturated carbocycles. The second-order valence-corrected chi connectivity index (χ2v) is 7.05. The molecule has 3 aromatic rings. The van der Waals surface area contributed by atoms with Crippen LogP contribution in [-0.4, -0.2) is 31.2 Å². The van der Waals surface area contributed by atoms with Crippen LogP contribution in [0.4, 0.5) is 5.69 Å². The molecule has 120 valence electrons. The largest absolute Gasteiger partial charge is 0.370 e. The van der Waals surface area contributed by atoms with Gasteiger partial charge in [0.15, 0.2) is 0 Å². The van der Waals surface area contributed by atoms with Crippen molar-refractivity contribution in [1.82, 2.24) is 10.3 Å². The van der Waals surface area contributed by atoms with Gasteiger partial charge in [0, 0.05) is 31.7 Å². The van der Waals surface area contributed by atoms with Gasteiger partial charge in [0.05, 0.1) is 17.6 Å². The molecule has 2 fully saturated rings. The smallest absolute Gasteiger partial charge is 0.0703 e. The lowest BCUT2D eigenvalue weighted by atomic mass is 10.0. The third kappa shape index (κ3) is 2.36. The summed E-state index contributed by atoms with van der Waals surface area (Å²) in [5, 5.41) is 6.04. The Labute approximate surface area is 142 Å². The van der Waals surface area contributed by atoms with E-state index in [1.807, 2.05) is 6.20 Å². The normalized spacial score (nSPS) is 22.9. The number of nitrogens with one attached hydrogen (secondary N) is 1. The summed E-state index contributed by atoms with van der Waals surface area (Å²) in [7, 11) is 0. The van der Waals surface area contributed by atoms with Gasteiger partial charge < -0.3 is 10.2 Å². The van der Waals surface area contributed by atoms with Crippen LogP contribution in [0.25, 0.3) is 22.0 Å². The van der Waals surface area contributed by atoms with E-state index in [2.05, 4.69) is 64.8 Å². The average molecular weight is 315 g/mol. The zero-order valence-electron chi connectivity index (χ0n) is 13.7. The Kier molecular flexibility index (Phi) is 3.27. The second-order valence-electron chi connectivity index (χ2n) is 7.05. The molecule has 2 aliphatic rings. The van der Waals surface area contributed by atoms with E-state index in [9.17, 15) is 0 Å². The predicted octanol–water partition coefficient (Wildman–Crippen LogP) is 3.56. The summed E-state index contributed by atoms with van der Waals surface area (Å²) in [4.78, 5) is 7.23. The molecule has 2 aliphatic heterocycles. The van der Waals surface area contributed by atoms with Gasteiger partial charge in [-0.3, -0.25) is 4.98 Å². The lowest BCUT2D eigenvalue weighted by molar-refractivity contribution is 0.533. The summed E-state index contributed by atoms with van der Waals surface area (Å²) >= 11 is 0. The zero-order chi connectivity index (χ0) is 15.9. The van der Waals surface area contributed by atoms with Crippen molar-refractivity contribution in [2.75, 3.05) is 31.1 Å². The molecule has 1 N–H and O–H groups in total. The highest BCUT2D eigenvalue weighted by atomic mass is 15.2. The third-order valence-corrected chi connectivity index (χ3v) is 5.55. The van der Waals surface area contributed by atoms with Gasteiger partial charge in [-0.1, -0.05) is 36.4 Å². The first kappa shape index (κ1) is 14.0. The number of pyridine rings is 1. The van der Waals surface area contributed by atoms with Crippen LogP contribution in [0.2, 0.25) is 0 Å². The number of nitrogens with zero attached hydrogens (tertiary/aromatic N) is 2. The average Bonchev–Trinajstić information content (AvgIpc) is 3.23. The fourth-order valence-corrected chi connectivity index (χ4v) is 4.16. The van der Waals surface area contributed by atoms with E-state index in [0.29, 0.717) is 0 Å². The lowest BCUT2D eigenvalue weighted by Crippen LogP contribution is -2.25. The molecular weight excluding hydrogens is 294 g/mol. The van der Waals surface area contributed by atoms with Crippen LogP contribution < -0.4 is 10.2 Å². The molecule has 1 aromatic heterocycles. The Hall–Kier alpha value is -2.39. The highest BCUT2D eigenvalue weighted by Gasteiger charge is 2.36. The highest BCUT2D eigenvalue weighted by Crippen LogP contribution is 2.31. The van der Waals surface area contributed by atoms with Crippen LogP contribution in [0.1, 0.15) is 0 Å². The maximum Gasteiger partial charge on any atom is 0.0703 e.